The number of pyridine rings is 1. The monoisotopic (exact) mass is 556 g/mol. The molecule has 2 aromatic carbocycles. The molecule has 2 amide bonds. The molecule has 12 heteroatoms. The fourth-order valence-corrected chi connectivity index (χ4v) is 4.97. The molecule has 210 valence electrons. The van der Waals surface area contributed by atoms with Crippen LogP contribution < -0.4 is 20.5 Å². The molecule has 0 saturated carbocycles. The summed E-state index contributed by atoms with van der Waals surface area (Å²) in [5.41, 5.74) is -1.33. The van der Waals surface area contributed by atoms with Gasteiger partial charge in [0.15, 0.2) is 11.4 Å². The van der Waals surface area contributed by atoms with E-state index in [1.807, 2.05) is 0 Å². The van der Waals surface area contributed by atoms with Crippen LogP contribution in [-0.2, 0) is 13.2 Å². The molecule has 1 aromatic heterocycles. The fourth-order valence-electron chi connectivity index (χ4n) is 4.97. The summed E-state index contributed by atoms with van der Waals surface area (Å²) in [6.07, 6.45) is 0.632. The van der Waals surface area contributed by atoms with Crippen LogP contribution in [-0.4, -0.2) is 51.4 Å². The number of aromatic nitrogens is 1. The van der Waals surface area contributed by atoms with E-state index in [0.717, 1.165) is 6.20 Å². The predicted octanol–water partition coefficient (Wildman–Crippen LogP) is 2.67. The Bertz CT molecular complexity index is 1510. The summed E-state index contributed by atoms with van der Waals surface area (Å²) in [6.45, 7) is 2.88. The molecule has 9 nitrogen and oxygen atoms in total. The normalized spacial score (nSPS) is 20.1. The van der Waals surface area contributed by atoms with Gasteiger partial charge in [-0.1, -0.05) is 30.3 Å². The Morgan fingerprint density at radius 2 is 1.77 bits per heavy atom. The summed E-state index contributed by atoms with van der Waals surface area (Å²) >= 11 is 0. The molecule has 5 rings (SSSR count). The number of aliphatic hydroxyl groups is 1. The highest BCUT2D eigenvalue weighted by Gasteiger charge is 2.43. The van der Waals surface area contributed by atoms with Crippen LogP contribution in [0.1, 0.15) is 52.2 Å². The average Bonchev–Trinajstić information content (AvgIpc) is 3.01. The van der Waals surface area contributed by atoms with Crippen molar-refractivity contribution in [1.82, 2.24) is 14.9 Å². The summed E-state index contributed by atoms with van der Waals surface area (Å²) in [5.74, 6) is -5.36. The standard InChI is InChI=1S/C28H27F3N4O5/c1-15-8-23(36)16(2)35-14-33(15)28(39)24-26(40-13-17-6-4-3-5-7-17)25(37)20(12-34(24)35)27(38)32-11-19-21(30)9-18(29)10-22(19)31/h3-7,9-10,12,15-16,23,36H,8,11,13-14H2,1-2H3,(H,32,38)/t15?,16-,23?/m0/s1. The minimum absolute atomic E-state index is 0.0822. The Balaban J connectivity index is 1.58. The number of hydrogen-bond acceptors (Lipinski definition) is 6. The van der Waals surface area contributed by atoms with Gasteiger partial charge in [-0.3, -0.25) is 24.1 Å². The molecule has 3 atom stereocenters. The van der Waals surface area contributed by atoms with Crippen molar-refractivity contribution < 1.29 is 32.6 Å². The second-order valence-electron chi connectivity index (χ2n) is 9.95. The number of rotatable bonds is 6. The number of benzene rings is 2. The first-order valence-corrected chi connectivity index (χ1v) is 12.7. The zero-order valence-corrected chi connectivity index (χ0v) is 21.7. The van der Waals surface area contributed by atoms with Gasteiger partial charge in [-0.05, 0) is 25.8 Å². The van der Waals surface area contributed by atoms with Gasteiger partial charge < -0.3 is 20.1 Å². The molecule has 0 spiro atoms. The Morgan fingerprint density at radius 3 is 2.45 bits per heavy atom. The number of aliphatic hydroxyl groups excluding tert-OH is 1. The van der Waals surface area contributed by atoms with Gasteiger partial charge in [0.25, 0.3) is 11.8 Å². The maximum Gasteiger partial charge on any atom is 0.278 e. The summed E-state index contributed by atoms with van der Waals surface area (Å²) < 4.78 is 48.8. The molecule has 3 aromatic rings. The molecule has 0 aliphatic carbocycles. The van der Waals surface area contributed by atoms with Crippen LogP contribution in [0, 0.1) is 17.5 Å². The number of fused-ring (bicyclic) bond motifs is 4. The maximum absolute atomic E-state index is 14.1. The van der Waals surface area contributed by atoms with Gasteiger partial charge in [-0.15, -0.1) is 0 Å². The Morgan fingerprint density at radius 1 is 1.10 bits per heavy atom. The van der Waals surface area contributed by atoms with E-state index in [1.165, 1.54) is 9.58 Å². The third kappa shape index (κ3) is 4.90. The van der Waals surface area contributed by atoms with Crippen LogP contribution in [0.3, 0.4) is 0 Å². The molecule has 2 aliphatic rings. The molecule has 3 heterocycles. The molecule has 2 unspecified atom stereocenters. The smallest absolute Gasteiger partial charge is 0.278 e. The van der Waals surface area contributed by atoms with Gasteiger partial charge in [0.05, 0.1) is 12.1 Å². The molecule has 1 fully saturated rings. The first-order valence-electron chi connectivity index (χ1n) is 12.7. The van der Waals surface area contributed by atoms with Crippen LogP contribution in [0.5, 0.6) is 5.75 Å². The SMILES string of the molecule is CC1CC(O)[C@H](C)N2CN1C(=O)c1c(OCc3ccccc3)c(=O)c(C(=O)NCc3c(F)cc(F)cc3F)cn12. The molecule has 40 heavy (non-hydrogen) atoms. The summed E-state index contributed by atoms with van der Waals surface area (Å²) in [4.78, 5) is 42.0. The molecule has 0 radical (unpaired) electrons. The van der Waals surface area contributed by atoms with Gasteiger partial charge >= 0.3 is 0 Å². The van der Waals surface area contributed by atoms with E-state index < -0.39 is 64.5 Å². The number of nitrogens with one attached hydrogen (secondary N) is 1. The number of carbonyl (C=O) groups excluding carboxylic acids is 2. The third-order valence-electron chi connectivity index (χ3n) is 7.33. The zero-order valence-electron chi connectivity index (χ0n) is 21.7. The topological polar surface area (TPSA) is 104 Å². The number of hydrogen-bond donors (Lipinski definition) is 2. The second kappa shape index (κ2) is 10.7. The number of amides is 2. The number of carbonyl (C=O) groups is 2. The lowest BCUT2D eigenvalue weighted by atomic mass is 10.1. The van der Waals surface area contributed by atoms with Crippen molar-refractivity contribution in [3.8, 4) is 5.75 Å². The lowest BCUT2D eigenvalue weighted by Crippen LogP contribution is -2.58. The van der Waals surface area contributed by atoms with E-state index in [4.69, 9.17) is 4.74 Å². The Labute approximate surface area is 227 Å². The molecule has 1 saturated heterocycles. The van der Waals surface area contributed by atoms with Crippen LogP contribution in [0.15, 0.2) is 53.5 Å². The quantitative estimate of drug-likeness (QED) is 0.484. The van der Waals surface area contributed by atoms with Crippen molar-refractivity contribution in [2.75, 3.05) is 11.7 Å². The third-order valence-corrected chi connectivity index (χ3v) is 7.33. The largest absolute Gasteiger partial charge is 0.482 e. The minimum Gasteiger partial charge on any atom is -0.482 e. The first kappa shape index (κ1) is 27.3. The molecule has 2 bridgehead atoms. The van der Waals surface area contributed by atoms with Crippen LogP contribution >= 0.6 is 0 Å². The summed E-state index contributed by atoms with van der Waals surface area (Å²) in [5, 5.41) is 14.7. The number of nitrogens with zero attached hydrogens (tertiary/aromatic N) is 3. The van der Waals surface area contributed by atoms with Gasteiger partial charge in [-0.2, -0.15) is 0 Å². The molecule has 2 aliphatic heterocycles. The highest BCUT2D eigenvalue weighted by Crippen LogP contribution is 2.30. The van der Waals surface area contributed by atoms with Gasteiger partial charge in [0.1, 0.15) is 36.3 Å². The highest BCUT2D eigenvalue weighted by molar-refractivity contribution is 5.99. The highest BCUT2D eigenvalue weighted by atomic mass is 19.1. The van der Waals surface area contributed by atoms with E-state index >= 15 is 0 Å². The zero-order chi connectivity index (χ0) is 28.7. The van der Waals surface area contributed by atoms with Crippen molar-refractivity contribution in [3.05, 3.63) is 98.7 Å². The Hall–Kier alpha value is -4.32. The molecule has 2 N–H and O–H groups in total. The van der Waals surface area contributed by atoms with Gasteiger partial charge in [0, 0.05) is 36.5 Å². The first-order chi connectivity index (χ1) is 19.1. The fraction of sp³-hybridized carbons (Fsp3) is 0.321. The number of halogens is 3. The van der Waals surface area contributed by atoms with Crippen LogP contribution in [0.4, 0.5) is 13.2 Å². The van der Waals surface area contributed by atoms with E-state index in [9.17, 15) is 32.7 Å². The summed E-state index contributed by atoms with van der Waals surface area (Å²) in [7, 11) is 0. The minimum atomic E-state index is -1.20. The second-order valence-corrected chi connectivity index (χ2v) is 9.95. The van der Waals surface area contributed by atoms with Crippen LogP contribution in [0.25, 0.3) is 0 Å². The van der Waals surface area contributed by atoms with Crippen molar-refractivity contribution in [2.24, 2.45) is 0 Å². The van der Waals surface area contributed by atoms with E-state index in [1.54, 1.807) is 49.2 Å². The molecular formula is C28H27F3N4O5. The van der Waals surface area contributed by atoms with Gasteiger partial charge in [-0.25, -0.2) is 13.2 Å². The number of ether oxygens (including phenoxy) is 1. The van der Waals surface area contributed by atoms with Crippen molar-refractivity contribution in [3.63, 3.8) is 0 Å². The maximum atomic E-state index is 14.1. The lowest BCUT2D eigenvalue weighted by Gasteiger charge is -2.42. The predicted molar refractivity (Wildman–Crippen MR) is 138 cm³/mol. The summed E-state index contributed by atoms with van der Waals surface area (Å²) in [6, 6.07) is 9.01. The van der Waals surface area contributed by atoms with Gasteiger partial charge in [0.2, 0.25) is 5.43 Å². The average molecular weight is 557 g/mol. The Kier molecular flexibility index (Phi) is 7.28. The van der Waals surface area contributed by atoms with Crippen molar-refractivity contribution in [1.29, 1.82) is 0 Å². The van der Waals surface area contributed by atoms with Crippen molar-refractivity contribution in [2.45, 2.75) is 51.6 Å². The van der Waals surface area contributed by atoms with E-state index in [2.05, 4.69) is 5.32 Å². The lowest BCUT2D eigenvalue weighted by molar-refractivity contribution is 0.0616. The van der Waals surface area contributed by atoms with Crippen LogP contribution in [0.2, 0.25) is 0 Å². The molecular weight excluding hydrogens is 529 g/mol. The van der Waals surface area contributed by atoms with E-state index in [-0.39, 0.29) is 30.8 Å². The van der Waals surface area contributed by atoms with E-state index in [0.29, 0.717) is 24.1 Å². The van der Waals surface area contributed by atoms with Crippen molar-refractivity contribution >= 4 is 11.8 Å².